The second-order valence-corrected chi connectivity index (χ2v) is 6.94. The third-order valence-electron chi connectivity index (χ3n) is 5.28. The maximum absolute atomic E-state index is 4.90. The zero-order valence-electron chi connectivity index (χ0n) is 14.7. The highest BCUT2D eigenvalue weighted by Gasteiger charge is 2.34. The van der Waals surface area contributed by atoms with Crippen LogP contribution < -0.4 is 0 Å². The van der Waals surface area contributed by atoms with Crippen molar-refractivity contribution in [2.75, 3.05) is 0 Å². The fourth-order valence-corrected chi connectivity index (χ4v) is 4.22. The minimum Gasteiger partial charge on any atom is -0.256 e. The molecule has 0 saturated heterocycles. The van der Waals surface area contributed by atoms with Gasteiger partial charge in [0.05, 0.1) is 17.3 Å². The molecule has 4 aromatic rings. The first-order valence-electron chi connectivity index (χ1n) is 9.07. The van der Waals surface area contributed by atoms with Crippen molar-refractivity contribution in [1.29, 1.82) is 0 Å². The van der Waals surface area contributed by atoms with E-state index < -0.39 is 0 Å². The van der Waals surface area contributed by atoms with Gasteiger partial charge in [-0.15, -0.1) is 0 Å². The van der Waals surface area contributed by atoms with Crippen molar-refractivity contribution in [2.45, 2.75) is 18.9 Å². The fraction of sp³-hybridized carbons (Fsp3) is 0.125. The molecule has 0 saturated carbocycles. The second kappa shape index (κ2) is 5.99. The van der Waals surface area contributed by atoms with E-state index >= 15 is 0 Å². The topological polar surface area (TPSA) is 17.8 Å². The maximum atomic E-state index is 4.90. The lowest BCUT2D eigenvalue weighted by molar-refractivity contribution is 0.529. The standard InChI is InChI=1S/C24H20N2/c1-17-16-22-23(18-10-4-2-5-11-18)20-14-8-9-15-21(20)24(26(22)25-17)19-12-6-3-7-13-19/h2-16,23-24H,1H3. The predicted octanol–water partition coefficient (Wildman–Crippen LogP) is 5.32. The fourth-order valence-electron chi connectivity index (χ4n) is 4.22. The molecular formula is C24H20N2. The van der Waals surface area contributed by atoms with E-state index in [-0.39, 0.29) is 12.0 Å². The molecule has 1 aromatic heterocycles. The summed E-state index contributed by atoms with van der Waals surface area (Å²) in [4.78, 5) is 0. The number of aryl methyl sites for hydroxylation is 1. The average molecular weight is 336 g/mol. The molecule has 2 heterocycles. The van der Waals surface area contributed by atoms with Crippen LogP contribution in [-0.2, 0) is 0 Å². The SMILES string of the molecule is Cc1cc2n(n1)C(c1ccccc1)c1ccccc1C2c1ccccc1. The first-order valence-corrected chi connectivity index (χ1v) is 9.07. The van der Waals surface area contributed by atoms with E-state index in [2.05, 4.69) is 103 Å². The van der Waals surface area contributed by atoms with Crippen LogP contribution in [0.2, 0.25) is 0 Å². The average Bonchev–Trinajstić information content (AvgIpc) is 3.07. The van der Waals surface area contributed by atoms with Crippen molar-refractivity contribution in [3.05, 3.63) is 125 Å². The summed E-state index contributed by atoms with van der Waals surface area (Å²) in [5.74, 6) is 0.216. The van der Waals surface area contributed by atoms with Gasteiger partial charge < -0.3 is 0 Å². The first kappa shape index (κ1) is 15.2. The number of rotatable bonds is 2. The highest BCUT2D eigenvalue weighted by molar-refractivity contribution is 5.52. The minimum atomic E-state index is 0.121. The van der Waals surface area contributed by atoms with Gasteiger partial charge in [0.2, 0.25) is 0 Å². The summed E-state index contributed by atoms with van der Waals surface area (Å²) in [7, 11) is 0. The summed E-state index contributed by atoms with van der Waals surface area (Å²) in [6.45, 7) is 2.08. The van der Waals surface area contributed by atoms with Crippen molar-refractivity contribution in [1.82, 2.24) is 9.78 Å². The summed E-state index contributed by atoms with van der Waals surface area (Å²) >= 11 is 0. The quantitative estimate of drug-likeness (QED) is 0.426. The van der Waals surface area contributed by atoms with E-state index in [0.29, 0.717) is 0 Å². The molecule has 0 bridgehead atoms. The third kappa shape index (κ3) is 2.30. The van der Waals surface area contributed by atoms with Crippen LogP contribution in [-0.4, -0.2) is 9.78 Å². The highest BCUT2D eigenvalue weighted by atomic mass is 15.3. The Bertz CT molecular complexity index is 964. The Morgan fingerprint density at radius 1 is 0.692 bits per heavy atom. The second-order valence-electron chi connectivity index (χ2n) is 6.94. The van der Waals surface area contributed by atoms with Crippen LogP contribution in [0.15, 0.2) is 91.0 Å². The number of aromatic nitrogens is 2. The first-order chi connectivity index (χ1) is 12.8. The third-order valence-corrected chi connectivity index (χ3v) is 5.28. The van der Waals surface area contributed by atoms with Gasteiger partial charge in [-0.25, -0.2) is 0 Å². The van der Waals surface area contributed by atoms with Crippen molar-refractivity contribution >= 4 is 0 Å². The Morgan fingerprint density at radius 3 is 1.96 bits per heavy atom. The number of hydrogen-bond donors (Lipinski definition) is 0. The molecule has 126 valence electrons. The Morgan fingerprint density at radius 2 is 1.27 bits per heavy atom. The van der Waals surface area contributed by atoms with Gasteiger partial charge in [-0.3, -0.25) is 4.68 Å². The number of hydrogen-bond acceptors (Lipinski definition) is 1. The van der Waals surface area contributed by atoms with Crippen LogP contribution in [0.5, 0.6) is 0 Å². The molecule has 1 aliphatic rings. The molecule has 0 N–H and O–H groups in total. The molecule has 0 amide bonds. The van der Waals surface area contributed by atoms with Crippen molar-refractivity contribution < 1.29 is 0 Å². The summed E-state index contributed by atoms with van der Waals surface area (Å²) in [5.41, 5.74) is 7.63. The van der Waals surface area contributed by atoms with E-state index in [9.17, 15) is 0 Å². The van der Waals surface area contributed by atoms with Gasteiger partial charge in [0.15, 0.2) is 0 Å². The Balaban J connectivity index is 1.80. The smallest absolute Gasteiger partial charge is 0.103 e. The molecule has 2 unspecified atom stereocenters. The molecule has 2 nitrogen and oxygen atoms in total. The van der Waals surface area contributed by atoms with Crippen LogP contribution in [0, 0.1) is 6.92 Å². The molecule has 1 aliphatic heterocycles. The summed E-state index contributed by atoms with van der Waals surface area (Å²) in [6, 6.07) is 32.6. The maximum Gasteiger partial charge on any atom is 0.103 e. The minimum absolute atomic E-state index is 0.121. The van der Waals surface area contributed by atoms with E-state index in [1.807, 2.05) is 0 Å². The molecule has 2 heteroatoms. The van der Waals surface area contributed by atoms with Gasteiger partial charge in [0.1, 0.15) is 6.04 Å². The normalized spacial score (nSPS) is 18.2. The number of fused-ring (bicyclic) bond motifs is 2. The lowest BCUT2D eigenvalue weighted by atomic mass is 9.79. The van der Waals surface area contributed by atoms with E-state index in [4.69, 9.17) is 5.10 Å². The molecule has 0 radical (unpaired) electrons. The molecule has 0 spiro atoms. The van der Waals surface area contributed by atoms with Crippen LogP contribution >= 0.6 is 0 Å². The van der Waals surface area contributed by atoms with Gasteiger partial charge in [-0.05, 0) is 35.2 Å². The van der Waals surface area contributed by atoms with E-state index in [0.717, 1.165) is 5.69 Å². The predicted molar refractivity (Wildman–Crippen MR) is 104 cm³/mol. The summed E-state index contributed by atoms with van der Waals surface area (Å²) < 4.78 is 2.23. The van der Waals surface area contributed by atoms with Crippen molar-refractivity contribution in [3.8, 4) is 0 Å². The van der Waals surface area contributed by atoms with Gasteiger partial charge in [-0.2, -0.15) is 5.10 Å². The zero-order chi connectivity index (χ0) is 17.5. The largest absolute Gasteiger partial charge is 0.256 e. The lowest BCUT2D eigenvalue weighted by Gasteiger charge is -2.33. The van der Waals surface area contributed by atoms with Crippen LogP contribution in [0.3, 0.4) is 0 Å². The van der Waals surface area contributed by atoms with Gasteiger partial charge in [0.25, 0.3) is 0 Å². The van der Waals surface area contributed by atoms with Crippen LogP contribution in [0.4, 0.5) is 0 Å². The lowest BCUT2D eigenvalue weighted by Crippen LogP contribution is -2.26. The summed E-state index contributed by atoms with van der Waals surface area (Å²) in [6.07, 6.45) is 0. The molecule has 3 aromatic carbocycles. The van der Waals surface area contributed by atoms with E-state index in [1.54, 1.807) is 0 Å². The molecule has 2 atom stereocenters. The van der Waals surface area contributed by atoms with Crippen LogP contribution in [0.1, 0.15) is 45.6 Å². The van der Waals surface area contributed by atoms with Crippen molar-refractivity contribution in [3.63, 3.8) is 0 Å². The Kier molecular flexibility index (Phi) is 3.49. The Labute approximate surface area is 153 Å². The molecular weight excluding hydrogens is 316 g/mol. The monoisotopic (exact) mass is 336 g/mol. The molecule has 0 aliphatic carbocycles. The van der Waals surface area contributed by atoms with Gasteiger partial charge >= 0.3 is 0 Å². The number of benzene rings is 3. The van der Waals surface area contributed by atoms with Crippen LogP contribution in [0.25, 0.3) is 0 Å². The Hall–Kier alpha value is -3.13. The highest BCUT2D eigenvalue weighted by Crippen LogP contribution is 2.44. The molecule has 5 rings (SSSR count). The van der Waals surface area contributed by atoms with Gasteiger partial charge in [-0.1, -0.05) is 84.9 Å². The van der Waals surface area contributed by atoms with Crippen molar-refractivity contribution in [2.24, 2.45) is 0 Å². The summed E-state index contributed by atoms with van der Waals surface area (Å²) in [5, 5.41) is 4.90. The molecule has 0 fully saturated rings. The number of nitrogens with zero attached hydrogens (tertiary/aromatic N) is 2. The zero-order valence-corrected chi connectivity index (χ0v) is 14.7. The molecule has 26 heavy (non-hydrogen) atoms. The van der Waals surface area contributed by atoms with E-state index in [1.165, 1.54) is 27.9 Å². The van der Waals surface area contributed by atoms with Gasteiger partial charge in [0, 0.05) is 0 Å².